The Morgan fingerprint density at radius 1 is 0.912 bits per heavy atom. The molecule has 1 saturated heterocycles. The topological polar surface area (TPSA) is 51.5 Å². The van der Waals surface area contributed by atoms with Gasteiger partial charge in [0.15, 0.2) is 0 Å². The Balaban J connectivity index is 1.36. The summed E-state index contributed by atoms with van der Waals surface area (Å²) in [4.78, 5) is 27.3. The molecule has 34 heavy (non-hydrogen) atoms. The van der Waals surface area contributed by atoms with E-state index in [1.54, 1.807) is 12.1 Å². The van der Waals surface area contributed by atoms with Crippen molar-refractivity contribution < 1.29 is 14.3 Å². The van der Waals surface area contributed by atoms with Crippen molar-refractivity contribution >= 4 is 51.5 Å². The highest BCUT2D eigenvalue weighted by atomic mass is 35.5. The summed E-state index contributed by atoms with van der Waals surface area (Å²) in [6.45, 7) is 1.38. The lowest BCUT2D eigenvalue weighted by molar-refractivity contribution is -0.123. The molecule has 1 aliphatic heterocycles. The summed E-state index contributed by atoms with van der Waals surface area (Å²) in [5.41, 5.74) is 2.85. The first-order valence-corrected chi connectivity index (χ1v) is 12.0. The Bertz CT molecular complexity index is 1380. The second-order valence-electron chi connectivity index (χ2n) is 7.85. The highest BCUT2D eigenvalue weighted by molar-refractivity contribution is 8.18. The predicted molar refractivity (Wildman–Crippen MR) is 137 cm³/mol. The molecule has 0 N–H and O–H groups in total. The normalized spacial score (nSPS) is 15.0. The van der Waals surface area contributed by atoms with Crippen molar-refractivity contribution in [1.29, 1.82) is 0 Å². The third-order valence-corrected chi connectivity index (χ3v) is 6.74. The van der Waals surface area contributed by atoms with Crippen molar-refractivity contribution in [3.63, 3.8) is 0 Å². The summed E-state index contributed by atoms with van der Waals surface area (Å²) in [6, 6.07) is 24.8. The average molecular weight is 489 g/mol. The summed E-state index contributed by atoms with van der Waals surface area (Å²) >= 11 is 6.92. The number of nitrogens with zero attached hydrogens (tertiary/aromatic N) is 2. The molecule has 4 aromatic rings. The van der Waals surface area contributed by atoms with E-state index >= 15 is 0 Å². The van der Waals surface area contributed by atoms with Gasteiger partial charge < -0.3 is 9.30 Å². The van der Waals surface area contributed by atoms with Gasteiger partial charge in [0.1, 0.15) is 12.4 Å². The largest absolute Gasteiger partial charge is 0.492 e. The lowest BCUT2D eigenvalue weighted by Gasteiger charge is -2.12. The van der Waals surface area contributed by atoms with Crippen molar-refractivity contribution in [3.8, 4) is 5.75 Å². The summed E-state index contributed by atoms with van der Waals surface area (Å²) in [7, 11) is 0. The maximum Gasteiger partial charge on any atom is 0.293 e. The van der Waals surface area contributed by atoms with E-state index in [-0.39, 0.29) is 17.7 Å². The van der Waals surface area contributed by atoms with E-state index in [9.17, 15) is 9.59 Å². The van der Waals surface area contributed by atoms with Gasteiger partial charge in [-0.05, 0) is 53.7 Å². The standard InChI is InChI=1S/C27H21ClN2O3S/c28-21-10-12-22(13-11-21)33-15-14-29-18-20(23-8-4-5-9-24(23)29)16-25-26(31)30(27(32)34-25)17-19-6-2-1-3-7-19/h1-13,16,18H,14-15,17H2/b25-16-. The fourth-order valence-corrected chi connectivity index (χ4v) is 4.87. The number of fused-ring (bicyclic) bond motifs is 1. The van der Waals surface area contributed by atoms with Crippen LogP contribution >= 0.6 is 23.4 Å². The van der Waals surface area contributed by atoms with E-state index in [0.717, 1.165) is 39.5 Å². The fourth-order valence-electron chi connectivity index (χ4n) is 3.91. The van der Waals surface area contributed by atoms with E-state index in [4.69, 9.17) is 16.3 Å². The average Bonchev–Trinajstić information content (AvgIpc) is 3.33. The Morgan fingerprint density at radius 2 is 1.65 bits per heavy atom. The zero-order chi connectivity index (χ0) is 23.5. The van der Waals surface area contributed by atoms with E-state index in [1.807, 2.05) is 79.0 Å². The zero-order valence-corrected chi connectivity index (χ0v) is 19.8. The number of para-hydroxylation sites is 1. The number of hydrogen-bond acceptors (Lipinski definition) is 4. The number of thioether (sulfide) groups is 1. The fraction of sp³-hybridized carbons (Fsp3) is 0.111. The lowest BCUT2D eigenvalue weighted by atomic mass is 10.1. The first-order valence-electron chi connectivity index (χ1n) is 10.8. The number of benzene rings is 3. The number of aromatic nitrogens is 1. The minimum atomic E-state index is -0.262. The summed E-state index contributed by atoms with van der Waals surface area (Å²) in [5, 5.41) is 1.44. The number of rotatable bonds is 7. The van der Waals surface area contributed by atoms with Gasteiger partial charge >= 0.3 is 0 Å². The van der Waals surface area contributed by atoms with Gasteiger partial charge in [0, 0.05) is 27.7 Å². The summed E-state index contributed by atoms with van der Waals surface area (Å²) in [5.74, 6) is 0.495. The van der Waals surface area contributed by atoms with E-state index in [1.165, 1.54) is 4.90 Å². The minimum absolute atomic E-state index is 0.250. The Hall–Kier alpha value is -3.48. The van der Waals surface area contributed by atoms with Crippen molar-refractivity contribution in [3.05, 3.63) is 106 Å². The van der Waals surface area contributed by atoms with Gasteiger partial charge in [-0.15, -0.1) is 0 Å². The summed E-state index contributed by atoms with van der Waals surface area (Å²) in [6.07, 6.45) is 3.82. The van der Waals surface area contributed by atoms with Crippen molar-refractivity contribution in [2.24, 2.45) is 0 Å². The maximum atomic E-state index is 13.0. The van der Waals surface area contributed by atoms with E-state index < -0.39 is 0 Å². The Morgan fingerprint density at radius 3 is 2.44 bits per heavy atom. The first kappa shape index (κ1) is 22.3. The van der Waals surface area contributed by atoms with Crippen LogP contribution in [0, 0.1) is 0 Å². The predicted octanol–water partition coefficient (Wildman–Crippen LogP) is 6.61. The van der Waals surface area contributed by atoms with Gasteiger partial charge in [-0.3, -0.25) is 14.5 Å². The van der Waals surface area contributed by atoms with Gasteiger partial charge in [-0.1, -0.05) is 60.1 Å². The summed E-state index contributed by atoms with van der Waals surface area (Å²) < 4.78 is 7.96. The van der Waals surface area contributed by atoms with Crippen LogP contribution in [-0.2, 0) is 17.9 Å². The molecule has 0 radical (unpaired) electrons. The molecule has 1 fully saturated rings. The number of imide groups is 1. The van der Waals surface area contributed by atoms with Crippen LogP contribution in [0.4, 0.5) is 4.79 Å². The van der Waals surface area contributed by atoms with Crippen LogP contribution in [-0.4, -0.2) is 27.2 Å². The van der Waals surface area contributed by atoms with Crippen LogP contribution in [0.15, 0.2) is 90.0 Å². The lowest BCUT2D eigenvalue weighted by Crippen LogP contribution is -2.27. The molecule has 0 unspecified atom stereocenters. The monoisotopic (exact) mass is 488 g/mol. The second-order valence-corrected chi connectivity index (χ2v) is 9.28. The number of hydrogen-bond donors (Lipinski definition) is 0. The molecule has 2 heterocycles. The third kappa shape index (κ3) is 4.74. The SMILES string of the molecule is O=C1S/C(=C\c2cn(CCOc3ccc(Cl)cc3)c3ccccc23)C(=O)N1Cc1ccccc1. The Kier molecular flexibility index (Phi) is 6.43. The molecule has 2 amide bonds. The van der Waals surface area contributed by atoms with Crippen LogP contribution in [0.3, 0.4) is 0 Å². The molecule has 0 atom stereocenters. The molecule has 5 nitrogen and oxygen atoms in total. The number of amides is 2. The molecular weight excluding hydrogens is 468 g/mol. The molecule has 0 bridgehead atoms. The van der Waals surface area contributed by atoms with Gasteiger partial charge in [0.05, 0.1) is 18.0 Å². The molecule has 3 aromatic carbocycles. The molecule has 5 rings (SSSR count). The highest BCUT2D eigenvalue weighted by Crippen LogP contribution is 2.35. The smallest absolute Gasteiger partial charge is 0.293 e. The zero-order valence-electron chi connectivity index (χ0n) is 18.2. The second kappa shape index (κ2) is 9.79. The number of ether oxygens (including phenoxy) is 1. The van der Waals surface area contributed by atoms with E-state index in [0.29, 0.717) is 23.1 Å². The van der Waals surface area contributed by atoms with Crippen molar-refractivity contribution in [2.45, 2.75) is 13.1 Å². The van der Waals surface area contributed by atoms with Gasteiger partial charge in [-0.25, -0.2) is 0 Å². The molecule has 1 aliphatic rings. The Labute approximate surface area is 206 Å². The number of halogens is 1. The molecular formula is C27H21ClN2O3S. The van der Waals surface area contributed by atoms with Crippen LogP contribution < -0.4 is 4.74 Å². The molecule has 1 aromatic heterocycles. The van der Waals surface area contributed by atoms with Crippen molar-refractivity contribution in [1.82, 2.24) is 9.47 Å². The molecule has 170 valence electrons. The van der Waals surface area contributed by atoms with Crippen LogP contribution in [0.1, 0.15) is 11.1 Å². The van der Waals surface area contributed by atoms with Gasteiger partial charge in [0.2, 0.25) is 0 Å². The number of carbonyl (C=O) groups is 2. The van der Waals surface area contributed by atoms with E-state index in [2.05, 4.69) is 4.57 Å². The van der Waals surface area contributed by atoms with Gasteiger partial charge in [-0.2, -0.15) is 0 Å². The third-order valence-electron chi connectivity index (χ3n) is 5.58. The first-order chi connectivity index (χ1) is 16.6. The molecule has 7 heteroatoms. The maximum absolute atomic E-state index is 13.0. The van der Waals surface area contributed by atoms with Gasteiger partial charge in [0.25, 0.3) is 11.1 Å². The molecule has 0 spiro atoms. The molecule has 0 saturated carbocycles. The van der Waals surface area contributed by atoms with Crippen molar-refractivity contribution in [2.75, 3.05) is 6.61 Å². The van der Waals surface area contributed by atoms with Crippen LogP contribution in [0.25, 0.3) is 17.0 Å². The van der Waals surface area contributed by atoms with Crippen LogP contribution in [0.5, 0.6) is 5.75 Å². The quantitative estimate of drug-likeness (QED) is 0.275. The number of carbonyl (C=O) groups excluding carboxylic acids is 2. The highest BCUT2D eigenvalue weighted by Gasteiger charge is 2.35. The minimum Gasteiger partial charge on any atom is -0.492 e. The molecule has 0 aliphatic carbocycles. The van der Waals surface area contributed by atoms with Crippen LogP contribution in [0.2, 0.25) is 5.02 Å².